The Labute approximate surface area is 126 Å². The Bertz CT molecular complexity index is 664. The van der Waals surface area contributed by atoms with E-state index in [0.29, 0.717) is 10.2 Å². The van der Waals surface area contributed by atoms with Crippen molar-refractivity contribution >= 4 is 27.5 Å². The fraction of sp³-hybridized carbons (Fsp3) is 0.0714. The third-order valence-corrected chi connectivity index (χ3v) is 3.18. The van der Waals surface area contributed by atoms with Crippen molar-refractivity contribution in [2.75, 3.05) is 5.32 Å². The van der Waals surface area contributed by atoms with Crippen molar-refractivity contribution in [3.05, 3.63) is 58.3 Å². The van der Waals surface area contributed by atoms with Gasteiger partial charge in [-0.25, -0.2) is 4.39 Å². The van der Waals surface area contributed by atoms with Crippen LogP contribution in [0, 0.1) is 5.82 Å². The summed E-state index contributed by atoms with van der Waals surface area (Å²) in [7, 11) is 0. The monoisotopic (exact) mass is 359 g/mol. The van der Waals surface area contributed by atoms with Crippen molar-refractivity contribution in [2.45, 2.75) is 6.61 Å². The topological polar surface area (TPSA) is 38.3 Å². The minimum atomic E-state index is -3.03. The van der Waals surface area contributed by atoms with Crippen LogP contribution in [0.25, 0.3) is 0 Å². The highest BCUT2D eigenvalue weighted by atomic mass is 79.9. The second-order valence-corrected chi connectivity index (χ2v) is 4.81. The summed E-state index contributed by atoms with van der Waals surface area (Å²) in [5, 5.41) is 2.49. The van der Waals surface area contributed by atoms with Gasteiger partial charge in [0.25, 0.3) is 5.91 Å². The molecule has 0 aliphatic heterocycles. The van der Waals surface area contributed by atoms with E-state index in [9.17, 15) is 18.0 Å². The van der Waals surface area contributed by atoms with Gasteiger partial charge in [0.15, 0.2) is 0 Å². The van der Waals surface area contributed by atoms with Crippen molar-refractivity contribution in [1.29, 1.82) is 0 Å². The lowest BCUT2D eigenvalue weighted by Crippen LogP contribution is -2.15. The SMILES string of the molecule is O=C(Nc1ccc(F)cc1Br)c1ccccc1OC(F)F. The first kappa shape index (κ1) is 15.4. The number of ether oxygens (including phenoxy) is 1. The number of hydrogen-bond acceptors (Lipinski definition) is 2. The second kappa shape index (κ2) is 6.62. The van der Waals surface area contributed by atoms with Crippen LogP contribution in [0.15, 0.2) is 46.9 Å². The van der Waals surface area contributed by atoms with E-state index in [1.54, 1.807) is 0 Å². The Balaban J connectivity index is 2.24. The number of carbonyl (C=O) groups excluding carboxylic acids is 1. The molecule has 0 aliphatic carbocycles. The van der Waals surface area contributed by atoms with E-state index in [1.165, 1.54) is 42.5 Å². The largest absolute Gasteiger partial charge is 0.434 e. The molecule has 1 amide bonds. The van der Waals surface area contributed by atoms with E-state index in [4.69, 9.17) is 0 Å². The maximum absolute atomic E-state index is 13.0. The molecule has 0 aliphatic rings. The van der Waals surface area contributed by atoms with Gasteiger partial charge in [-0.2, -0.15) is 8.78 Å². The fourth-order valence-corrected chi connectivity index (χ4v) is 2.08. The van der Waals surface area contributed by atoms with Gasteiger partial charge in [0.05, 0.1) is 11.3 Å². The zero-order valence-corrected chi connectivity index (χ0v) is 12.0. The van der Waals surface area contributed by atoms with Crippen LogP contribution in [0.2, 0.25) is 0 Å². The second-order valence-electron chi connectivity index (χ2n) is 3.95. The highest BCUT2D eigenvalue weighted by molar-refractivity contribution is 9.10. The van der Waals surface area contributed by atoms with Gasteiger partial charge in [-0.15, -0.1) is 0 Å². The maximum atomic E-state index is 13.0. The van der Waals surface area contributed by atoms with Crippen LogP contribution in [0.1, 0.15) is 10.4 Å². The molecule has 0 bridgehead atoms. The van der Waals surface area contributed by atoms with E-state index < -0.39 is 18.3 Å². The predicted octanol–water partition coefficient (Wildman–Crippen LogP) is 4.44. The molecule has 2 rings (SSSR count). The number of halogens is 4. The zero-order chi connectivity index (χ0) is 15.4. The molecule has 110 valence electrons. The fourth-order valence-electron chi connectivity index (χ4n) is 1.63. The van der Waals surface area contributed by atoms with Crippen LogP contribution >= 0.6 is 15.9 Å². The van der Waals surface area contributed by atoms with E-state index >= 15 is 0 Å². The average molecular weight is 360 g/mol. The van der Waals surface area contributed by atoms with Crippen LogP contribution in [-0.4, -0.2) is 12.5 Å². The number of amides is 1. The van der Waals surface area contributed by atoms with Gasteiger partial charge in [0.2, 0.25) is 0 Å². The molecule has 0 unspecified atom stereocenters. The molecule has 21 heavy (non-hydrogen) atoms. The van der Waals surface area contributed by atoms with Crippen LogP contribution in [0.4, 0.5) is 18.9 Å². The number of carbonyl (C=O) groups is 1. The molecule has 1 N–H and O–H groups in total. The average Bonchev–Trinajstić information content (AvgIpc) is 2.42. The van der Waals surface area contributed by atoms with Gasteiger partial charge in [0, 0.05) is 4.47 Å². The number of rotatable bonds is 4. The van der Waals surface area contributed by atoms with Gasteiger partial charge in [-0.05, 0) is 46.3 Å². The standard InChI is InChI=1S/C14H9BrF3NO2/c15-10-7-8(16)5-6-11(10)19-13(20)9-3-1-2-4-12(9)21-14(17)18/h1-7,14H,(H,19,20). The van der Waals surface area contributed by atoms with Crippen molar-refractivity contribution in [3.63, 3.8) is 0 Å². The third-order valence-electron chi connectivity index (χ3n) is 2.53. The number of anilines is 1. The summed E-state index contributed by atoms with van der Waals surface area (Å²) >= 11 is 3.10. The summed E-state index contributed by atoms with van der Waals surface area (Å²) in [5.74, 6) is -1.34. The quantitative estimate of drug-likeness (QED) is 0.876. The normalized spacial score (nSPS) is 10.5. The third kappa shape index (κ3) is 3.98. The molecule has 2 aromatic rings. The molecule has 0 radical (unpaired) electrons. The summed E-state index contributed by atoms with van der Waals surface area (Å²) in [6.45, 7) is -3.03. The lowest BCUT2D eigenvalue weighted by molar-refractivity contribution is -0.0501. The Morgan fingerprint density at radius 1 is 1.19 bits per heavy atom. The molecule has 0 spiro atoms. The number of nitrogens with one attached hydrogen (secondary N) is 1. The minimum absolute atomic E-state index is 0.0472. The molecule has 3 nitrogen and oxygen atoms in total. The molecular weight excluding hydrogens is 351 g/mol. The highest BCUT2D eigenvalue weighted by Crippen LogP contribution is 2.26. The molecule has 0 saturated carbocycles. The molecule has 0 aromatic heterocycles. The van der Waals surface area contributed by atoms with Gasteiger partial charge in [-0.3, -0.25) is 4.79 Å². The summed E-state index contributed by atoms with van der Waals surface area (Å²) < 4.78 is 42.2. The van der Waals surface area contributed by atoms with Crippen LogP contribution in [-0.2, 0) is 0 Å². The molecule has 0 saturated heterocycles. The minimum Gasteiger partial charge on any atom is -0.434 e. The first-order valence-corrected chi connectivity index (χ1v) is 6.57. The number of para-hydroxylation sites is 1. The van der Waals surface area contributed by atoms with Crippen molar-refractivity contribution in [1.82, 2.24) is 0 Å². The summed E-state index contributed by atoms with van der Waals surface area (Å²) in [6, 6.07) is 9.31. The van der Waals surface area contributed by atoms with Crippen LogP contribution < -0.4 is 10.1 Å². The lowest BCUT2D eigenvalue weighted by atomic mass is 10.2. The van der Waals surface area contributed by atoms with Gasteiger partial charge in [0.1, 0.15) is 11.6 Å². The van der Waals surface area contributed by atoms with Crippen LogP contribution in [0.3, 0.4) is 0 Å². The molecule has 0 heterocycles. The molecule has 0 fully saturated rings. The van der Waals surface area contributed by atoms with Gasteiger partial charge in [-0.1, -0.05) is 12.1 Å². The zero-order valence-electron chi connectivity index (χ0n) is 10.4. The Hall–Kier alpha value is -2.02. The van der Waals surface area contributed by atoms with E-state index in [1.807, 2.05) is 0 Å². The predicted molar refractivity (Wildman–Crippen MR) is 75.1 cm³/mol. The number of alkyl halides is 2. The van der Waals surface area contributed by atoms with E-state index in [0.717, 1.165) is 0 Å². The maximum Gasteiger partial charge on any atom is 0.387 e. The Morgan fingerprint density at radius 2 is 1.90 bits per heavy atom. The van der Waals surface area contributed by atoms with Crippen molar-refractivity contribution < 1.29 is 22.7 Å². The molecule has 7 heteroatoms. The Kier molecular flexibility index (Phi) is 4.85. The van der Waals surface area contributed by atoms with E-state index in [-0.39, 0.29) is 11.3 Å². The molecule has 2 aromatic carbocycles. The van der Waals surface area contributed by atoms with Crippen molar-refractivity contribution in [2.24, 2.45) is 0 Å². The summed E-state index contributed by atoms with van der Waals surface area (Å²) in [4.78, 5) is 12.1. The smallest absolute Gasteiger partial charge is 0.387 e. The first-order chi connectivity index (χ1) is 9.97. The van der Waals surface area contributed by atoms with Gasteiger partial charge < -0.3 is 10.1 Å². The summed E-state index contributed by atoms with van der Waals surface area (Å²) in [6.07, 6.45) is 0. The first-order valence-electron chi connectivity index (χ1n) is 5.77. The van der Waals surface area contributed by atoms with E-state index in [2.05, 4.69) is 26.0 Å². The van der Waals surface area contributed by atoms with Crippen LogP contribution in [0.5, 0.6) is 5.75 Å². The molecule has 0 atom stereocenters. The number of hydrogen-bond donors (Lipinski definition) is 1. The molecular formula is C14H9BrF3NO2. The number of benzene rings is 2. The van der Waals surface area contributed by atoms with Crippen molar-refractivity contribution in [3.8, 4) is 5.75 Å². The highest BCUT2D eigenvalue weighted by Gasteiger charge is 2.16. The Morgan fingerprint density at radius 3 is 2.57 bits per heavy atom. The van der Waals surface area contributed by atoms with Gasteiger partial charge >= 0.3 is 6.61 Å². The lowest BCUT2D eigenvalue weighted by Gasteiger charge is -2.11. The summed E-state index contributed by atoms with van der Waals surface area (Å²) in [5.41, 5.74) is 0.266.